The van der Waals surface area contributed by atoms with E-state index in [9.17, 15) is 4.91 Å². The molecule has 0 spiro atoms. The second-order valence-electron chi connectivity index (χ2n) is 4.64. The Morgan fingerprint density at radius 3 is 2.94 bits per heavy atom. The van der Waals surface area contributed by atoms with Crippen LogP contribution in [0.3, 0.4) is 0 Å². The number of likely N-dealkylation sites (N-methyl/N-ethyl adjacent to an activating group) is 1. The number of nitroso groups, excluding NO2 is 1. The molecule has 90 valence electrons. The molecule has 0 atom stereocenters. The highest BCUT2D eigenvalue weighted by molar-refractivity contribution is 5.40. The van der Waals surface area contributed by atoms with E-state index in [2.05, 4.69) is 24.0 Å². The minimum absolute atomic E-state index is 0.0585. The Balaban J connectivity index is 2.69. The summed E-state index contributed by atoms with van der Waals surface area (Å²) in [6.45, 7) is 4.80. The third-order valence-corrected chi connectivity index (χ3v) is 3.02. The fourth-order valence-electron chi connectivity index (χ4n) is 1.72. The van der Waals surface area contributed by atoms with Crippen molar-refractivity contribution in [2.24, 2.45) is 5.18 Å². The van der Waals surface area contributed by atoms with Crippen LogP contribution in [-0.4, -0.2) is 29.1 Å². The lowest BCUT2D eigenvalue weighted by atomic mass is 10.1. The normalized spacial score (nSPS) is 22.5. The van der Waals surface area contributed by atoms with Crippen molar-refractivity contribution in [3.8, 4) is 0 Å². The highest BCUT2D eigenvalue weighted by atomic mass is 16.5. The maximum atomic E-state index is 10.3. The molecule has 5 nitrogen and oxygen atoms in total. The van der Waals surface area contributed by atoms with Gasteiger partial charge in [0.15, 0.2) is 5.88 Å². The zero-order chi connectivity index (χ0) is 12.5. The van der Waals surface area contributed by atoms with Gasteiger partial charge in [-0.05, 0) is 31.2 Å². The van der Waals surface area contributed by atoms with E-state index in [1.54, 1.807) is 6.20 Å². The molecule has 0 radical (unpaired) electrons. The molecule has 1 fully saturated rings. The SMILES string of the molecule is CN1C(=c2cccnc2=CN=O)OCC1(C)C. The summed E-state index contributed by atoms with van der Waals surface area (Å²) in [5.74, 6) is 0.734. The first-order chi connectivity index (χ1) is 8.06. The molecular formula is C12H15N3O2. The lowest BCUT2D eigenvalue weighted by Crippen LogP contribution is -2.39. The number of nitrogens with zero attached hydrogens (tertiary/aromatic N) is 3. The molecule has 1 aromatic rings. The molecule has 1 aliphatic rings. The Morgan fingerprint density at radius 2 is 2.35 bits per heavy atom. The van der Waals surface area contributed by atoms with Crippen LogP contribution in [0.2, 0.25) is 0 Å². The van der Waals surface area contributed by atoms with E-state index >= 15 is 0 Å². The molecule has 1 saturated heterocycles. The molecule has 0 saturated carbocycles. The Morgan fingerprint density at radius 1 is 1.59 bits per heavy atom. The summed E-state index contributed by atoms with van der Waals surface area (Å²) in [5, 5.41) is 4.10. The van der Waals surface area contributed by atoms with E-state index in [0.29, 0.717) is 12.0 Å². The predicted molar refractivity (Wildman–Crippen MR) is 64.9 cm³/mol. The van der Waals surface area contributed by atoms with Gasteiger partial charge in [0.2, 0.25) is 0 Å². The lowest BCUT2D eigenvalue weighted by molar-refractivity contribution is 0.246. The Bertz CT molecular complexity index is 551. The molecule has 0 amide bonds. The third kappa shape index (κ3) is 2.00. The van der Waals surface area contributed by atoms with Crippen molar-refractivity contribution < 1.29 is 4.74 Å². The van der Waals surface area contributed by atoms with Gasteiger partial charge in [-0.15, -0.1) is 4.91 Å². The monoisotopic (exact) mass is 233 g/mol. The lowest BCUT2D eigenvalue weighted by Gasteiger charge is -2.25. The van der Waals surface area contributed by atoms with Gasteiger partial charge in [0.25, 0.3) is 0 Å². The first-order valence-corrected chi connectivity index (χ1v) is 5.41. The van der Waals surface area contributed by atoms with Crippen LogP contribution < -0.4 is 10.6 Å². The topological polar surface area (TPSA) is 54.8 Å². The Hall–Kier alpha value is -1.91. The molecule has 0 aromatic carbocycles. The van der Waals surface area contributed by atoms with Crippen molar-refractivity contribution in [1.82, 2.24) is 9.88 Å². The van der Waals surface area contributed by atoms with Crippen molar-refractivity contribution in [2.45, 2.75) is 19.4 Å². The van der Waals surface area contributed by atoms with Gasteiger partial charge in [-0.1, -0.05) is 0 Å². The second-order valence-corrected chi connectivity index (χ2v) is 4.64. The minimum Gasteiger partial charge on any atom is -0.476 e. The van der Waals surface area contributed by atoms with Crippen LogP contribution in [0.25, 0.3) is 12.1 Å². The van der Waals surface area contributed by atoms with Gasteiger partial charge in [0, 0.05) is 13.2 Å². The number of ether oxygens (including phenoxy) is 1. The van der Waals surface area contributed by atoms with Gasteiger partial charge in [0.1, 0.15) is 6.61 Å². The predicted octanol–water partition coefficient (Wildman–Crippen LogP) is 0.392. The van der Waals surface area contributed by atoms with E-state index in [4.69, 9.17) is 4.74 Å². The number of aromatic nitrogens is 1. The van der Waals surface area contributed by atoms with Gasteiger partial charge in [-0.25, -0.2) is 0 Å². The first kappa shape index (κ1) is 11.6. The van der Waals surface area contributed by atoms with Gasteiger partial charge < -0.3 is 9.64 Å². The van der Waals surface area contributed by atoms with Crippen molar-refractivity contribution in [3.05, 3.63) is 33.8 Å². The zero-order valence-electron chi connectivity index (χ0n) is 10.2. The van der Waals surface area contributed by atoms with Gasteiger partial charge >= 0.3 is 0 Å². The molecular weight excluding hydrogens is 218 g/mol. The van der Waals surface area contributed by atoms with Crippen LogP contribution in [0, 0.1) is 4.91 Å². The average molecular weight is 233 g/mol. The molecule has 0 aliphatic carbocycles. The summed E-state index contributed by atoms with van der Waals surface area (Å²) >= 11 is 0. The zero-order valence-corrected chi connectivity index (χ0v) is 10.2. The summed E-state index contributed by atoms with van der Waals surface area (Å²) in [4.78, 5) is 16.5. The third-order valence-electron chi connectivity index (χ3n) is 3.02. The van der Waals surface area contributed by atoms with Crippen LogP contribution in [0.4, 0.5) is 0 Å². The summed E-state index contributed by atoms with van der Waals surface area (Å²) < 4.78 is 5.69. The van der Waals surface area contributed by atoms with Crippen molar-refractivity contribution >= 4 is 12.1 Å². The highest BCUT2D eigenvalue weighted by Gasteiger charge is 2.34. The number of pyridine rings is 1. The average Bonchev–Trinajstić information content (AvgIpc) is 2.56. The van der Waals surface area contributed by atoms with Crippen LogP contribution in [0.15, 0.2) is 23.5 Å². The molecule has 5 heteroatoms. The summed E-state index contributed by atoms with van der Waals surface area (Å²) in [5.41, 5.74) is -0.0585. The van der Waals surface area contributed by atoms with Crippen molar-refractivity contribution in [2.75, 3.05) is 13.7 Å². The first-order valence-electron chi connectivity index (χ1n) is 5.41. The quantitative estimate of drug-likeness (QED) is 0.658. The second kappa shape index (κ2) is 4.16. The van der Waals surface area contributed by atoms with Crippen molar-refractivity contribution in [3.63, 3.8) is 0 Å². The summed E-state index contributed by atoms with van der Waals surface area (Å²) in [6.07, 6.45) is 2.83. The van der Waals surface area contributed by atoms with Crippen LogP contribution in [0.5, 0.6) is 0 Å². The maximum absolute atomic E-state index is 10.3. The molecule has 17 heavy (non-hydrogen) atoms. The van der Waals surface area contributed by atoms with E-state index < -0.39 is 0 Å². The van der Waals surface area contributed by atoms with Crippen LogP contribution in [0.1, 0.15) is 13.8 Å². The van der Waals surface area contributed by atoms with Gasteiger partial charge in [0.05, 0.1) is 22.3 Å². The largest absolute Gasteiger partial charge is 0.476 e. The minimum atomic E-state index is -0.0585. The smallest absolute Gasteiger partial charge is 0.199 e. The van der Waals surface area contributed by atoms with E-state index in [0.717, 1.165) is 11.1 Å². The molecule has 0 unspecified atom stereocenters. The fourth-order valence-corrected chi connectivity index (χ4v) is 1.72. The summed E-state index contributed by atoms with van der Waals surface area (Å²) in [6, 6.07) is 3.68. The number of hydrogen-bond donors (Lipinski definition) is 0. The molecule has 2 heterocycles. The maximum Gasteiger partial charge on any atom is 0.199 e. The van der Waals surface area contributed by atoms with E-state index in [1.807, 2.05) is 24.1 Å². The molecule has 1 aliphatic heterocycles. The molecule has 1 aromatic heterocycles. The molecule has 0 bridgehead atoms. The van der Waals surface area contributed by atoms with E-state index in [-0.39, 0.29) is 5.54 Å². The van der Waals surface area contributed by atoms with E-state index in [1.165, 1.54) is 6.20 Å². The molecule has 0 N–H and O–H groups in total. The fraction of sp³-hybridized carbons (Fsp3) is 0.417. The van der Waals surface area contributed by atoms with Crippen LogP contribution >= 0.6 is 0 Å². The highest BCUT2D eigenvalue weighted by Crippen LogP contribution is 2.26. The molecule has 2 rings (SSSR count). The summed E-state index contributed by atoms with van der Waals surface area (Å²) in [7, 11) is 1.97. The van der Waals surface area contributed by atoms with Crippen LogP contribution in [-0.2, 0) is 4.74 Å². The van der Waals surface area contributed by atoms with Crippen molar-refractivity contribution in [1.29, 1.82) is 0 Å². The number of hydrogen-bond acceptors (Lipinski definition) is 5. The Kier molecular flexibility index (Phi) is 2.83. The number of rotatable bonds is 1. The van der Waals surface area contributed by atoms with Gasteiger partial charge in [-0.2, -0.15) is 0 Å². The Labute approximate surface area is 99.4 Å². The standard InChI is InChI=1S/C12H15N3O2/c1-12(2)8-17-11(15(12)3)9-5-4-6-13-10(9)7-14-16/h4-7H,8H2,1-3H3. The van der Waals surface area contributed by atoms with Gasteiger partial charge in [-0.3, -0.25) is 4.98 Å².